The fourth-order valence-electron chi connectivity index (χ4n) is 3.50. The van der Waals surface area contributed by atoms with Crippen molar-refractivity contribution in [3.05, 3.63) is 48.0 Å². The van der Waals surface area contributed by atoms with Crippen molar-refractivity contribution in [3.8, 4) is 17.2 Å². The van der Waals surface area contributed by atoms with Crippen molar-refractivity contribution in [3.63, 3.8) is 0 Å². The van der Waals surface area contributed by atoms with Crippen molar-refractivity contribution in [2.24, 2.45) is 4.99 Å². The van der Waals surface area contributed by atoms with Gasteiger partial charge in [-0.2, -0.15) is 0 Å². The van der Waals surface area contributed by atoms with Crippen LogP contribution in [-0.4, -0.2) is 53.5 Å². The van der Waals surface area contributed by atoms with E-state index in [0.717, 1.165) is 54.0 Å². The predicted octanol–water partition coefficient (Wildman–Crippen LogP) is 2.66. The molecule has 0 amide bonds. The van der Waals surface area contributed by atoms with Gasteiger partial charge in [-0.25, -0.2) is 0 Å². The van der Waals surface area contributed by atoms with Gasteiger partial charge in [0.1, 0.15) is 17.2 Å². The molecule has 0 spiro atoms. The molecule has 0 bridgehead atoms. The number of rotatable bonds is 7. The van der Waals surface area contributed by atoms with Crippen LogP contribution in [0.5, 0.6) is 17.2 Å². The zero-order chi connectivity index (χ0) is 20.6. The Labute approximate surface area is 172 Å². The molecule has 0 aliphatic carbocycles. The zero-order valence-corrected chi connectivity index (χ0v) is 17.6. The normalized spacial score (nSPS) is 16.5. The van der Waals surface area contributed by atoms with Crippen LogP contribution in [0.25, 0.3) is 0 Å². The van der Waals surface area contributed by atoms with Gasteiger partial charge in [-0.05, 0) is 12.5 Å². The van der Waals surface area contributed by atoms with Crippen LogP contribution in [0.15, 0.2) is 47.5 Å². The zero-order valence-electron chi connectivity index (χ0n) is 17.6. The Kier molecular flexibility index (Phi) is 7.05. The smallest absolute Gasteiger partial charge is 0.191 e. The van der Waals surface area contributed by atoms with E-state index in [9.17, 15) is 0 Å². The molecule has 1 unspecified atom stereocenters. The van der Waals surface area contributed by atoms with Gasteiger partial charge >= 0.3 is 0 Å². The van der Waals surface area contributed by atoms with E-state index in [2.05, 4.69) is 20.5 Å². The molecule has 7 heteroatoms. The molecule has 29 heavy (non-hydrogen) atoms. The third-order valence-electron chi connectivity index (χ3n) is 5.09. The number of para-hydroxylation sites is 1. The second-order valence-electron chi connectivity index (χ2n) is 6.88. The van der Waals surface area contributed by atoms with Gasteiger partial charge in [0.15, 0.2) is 5.96 Å². The summed E-state index contributed by atoms with van der Waals surface area (Å²) >= 11 is 0. The van der Waals surface area contributed by atoms with Gasteiger partial charge < -0.3 is 29.7 Å². The van der Waals surface area contributed by atoms with Crippen molar-refractivity contribution in [1.82, 2.24) is 10.6 Å². The minimum absolute atomic E-state index is 0.302. The topological polar surface area (TPSA) is 67.4 Å². The molecular weight excluding hydrogens is 368 g/mol. The fraction of sp³-hybridized carbons (Fsp3) is 0.409. The molecule has 2 N–H and O–H groups in total. The molecule has 1 aliphatic heterocycles. The Morgan fingerprint density at radius 2 is 1.79 bits per heavy atom. The number of hydrogen-bond acceptors (Lipinski definition) is 5. The summed E-state index contributed by atoms with van der Waals surface area (Å²) in [6.07, 6.45) is 1.02. The van der Waals surface area contributed by atoms with Gasteiger partial charge in [-0.3, -0.25) is 4.99 Å². The number of benzene rings is 2. The Balaban J connectivity index is 1.58. The average Bonchev–Trinajstić information content (AvgIpc) is 3.24. The van der Waals surface area contributed by atoms with Crippen LogP contribution in [-0.2, 0) is 6.54 Å². The van der Waals surface area contributed by atoms with Gasteiger partial charge in [0.25, 0.3) is 0 Å². The van der Waals surface area contributed by atoms with Crippen molar-refractivity contribution in [2.75, 3.05) is 46.4 Å². The summed E-state index contributed by atoms with van der Waals surface area (Å²) in [5.74, 6) is 3.25. The molecule has 7 nitrogen and oxygen atoms in total. The summed E-state index contributed by atoms with van der Waals surface area (Å²) in [5.41, 5.74) is 2.19. The van der Waals surface area contributed by atoms with Gasteiger partial charge in [-0.15, -0.1) is 0 Å². The largest absolute Gasteiger partial charge is 0.497 e. The van der Waals surface area contributed by atoms with Crippen molar-refractivity contribution < 1.29 is 14.2 Å². The molecule has 156 valence electrons. The summed E-state index contributed by atoms with van der Waals surface area (Å²) in [4.78, 5) is 6.70. The fourth-order valence-corrected chi connectivity index (χ4v) is 3.50. The Hall–Kier alpha value is -3.09. The van der Waals surface area contributed by atoms with Crippen LogP contribution < -0.4 is 29.7 Å². The van der Waals surface area contributed by atoms with E-state index in [1.165, 1.54) is 0 Å². The molecule has 1 aliphatic rings. The van der Waals surface area contributed by atoms with Crippen molar-refractivity contribution in [2.45, 2.75) is 19.0 Å². The molecule has 0 saturated carbocycles. The number of hydrogen-bond donors (Lipinski definition) is 2. The summed E-state index contributed by atoms with van der Waals surface area (Å²) in [6.45, 7) is 2.48. The molecule has 3 rings (SSSR count). The van der Waals surface area contributed by atoms with Crippen LogP contribution >= 0.6 is 0 Å². The molecule has 2 aromatic carbocycles. The van der Waals surface area contributed by atoms with Crippen LogP contribution in [0.3, 0.4) is 0 Å². The van der Waals surface area contributed by atoms with E-state index in [1.54, 1.807) is 28.4 Å². The Morgan fingerprint density at radius 1 is 1.07 bits per heavy atom. The standard InChI is InChI=1S/C22H30N4O3/c1-23-22(24-14-16-7-5-6-8-21(16)29-4)25-17-9-10-26(15-17)18-11-19(27-2)13-20(12-18)28-3/h5-8,11-13,17H,9-10,14-15H2,1-4H3,(H2,23,24,25). The van der Waals surface area contributed by atoms with E-state index in [-0.39, 0.29) is 0 Å². The van der Waals surface area contributed by atoms with E-state index < -0.39 is 0 Å². The number of ether oxygens (including phenoxy) is 3. The first-order chi connectivity index (χ1) is 14.2. The highest BCUT2D eigenvalue weighted by Crippen LogP contribution is 2.30. The van der Waals surface area contributed by atoms with Gasteiger partial charge in [0.05, 0.1) is 21.3 Å². The van der Waals surface area contributed by atoms with Crippen molar-refractivity contribution >= 4 is 11.6 Å². The van der Waals surface area contributed by atoms with E-state index in [1.807, 2.05) is 42.5 Å². The van der Waals surface area contributed by atoms with Gasteiger partial charge in [0, 0.05) is 62.2 Å². The first kappa shape index (κ1) is 20.6. The van der Waals surface area contributed by atoms with Crippen molar-refractivity contribution in [1.29, 1.82) is 0 Å². The highest BCUT2D eigenvalue weighted by atomic mass is 16.5. The lowest BCUT2D eigenvalue weighted by atomic mass is 10.2. The molecule has 0 radical (unpaired) electrons. The third-order valence-corrected chi connectivity index (χ3v) is 5.09. The lowest BCUT2D eigenvalue weighted by Crippen LogP contribution is -2.44. The molecule has 2 aromatic rings. The maximum Gasteiger partial charge on any atom is 0.191 e. The molecular formula is C22H30N4O3. The summed E-state index contributed by atoms with van der Waals surface area (Å²) in [5, 5.41) is 6.90. The first-order valence-corrected chi connectivity index (χ1v) is 9.74. The highest BCUT2D eigenvalue weighted by Gasteiger charge is 2.24. The van der Waals surface area contributed by atoms with Crippen LogP contribution in [0.1, 0.15) is 12.0 Å². The second kappa shape index (κ2) is 9.91. The molecule has 1 heterocycles. The molecule has 0 aromatic heterocycles. The quantitative estimate of drug-likeness (QED) is 0.552. The molecule has 1 atom stereocenters. The number of nitrogens with one attached hydrogen (secondary N) is 2. The van der Waals surface area contributed by atoms with E-state index in [0.29, 0.717) is 12.6 Å². The SMILES string of the molecule is CN=C(NCc1ccccc1OC)NC1CCN(c2cc(OC)cc(OC)c2)C1. The number of nitrogens with zero attached hydrogens (tertiary/aromatic N) is 2. The summed E-state index contributed by atoms with van der Waals surface area (Å²) < 4.78 is 16.2. The highest BCUT2D eigenvalue weighted by molar-refractivity contribution is 5.80. The van der Waals surface area contributed by atoms with Crippen LogP contribution in [0.4, 0.5) is 5.69 Å². The van der Waals surface area contributed by atoms with Crippen LogP contribution in [0.2, 0.25) is 0 Å². The number of anilines is 1. The monoisotopic (exact) mass is 398 g/mol. The summed E-state index contributed by atoms with van der Waals surface area (Å²) in [7, 11) is 6.82. The first-order valence-electron chi connectivity index (χ1n) is 9.74. The molecule has 1 fully saturated rings. The number of aliphatic imine (C=N–C) groups is 1. The molecule has 1 saturated heterocycles. The Morgan fingerprint density at radius 3 is 2.45 bits per heavy atom. The van der Waals surface area contributed by atoms with Crippen LogP contribution in [0, 0.1) is 0 Å². The maximum atomic E-state index is 5.42. The van der Waals surface area contributed by atoms with Gasteiger partial charge in [-0.1, -0.05) is 18.2 Å². The number of guanidine groups is 1. The lowest BCUT2D eigenvalue weighted by molar-refractivity contribution is 0.394. The summed E-state index contributed by atoms with van der Waals surface area (Å²) in [6, 6.07) is 14.3. The number of methoxy groups -OCH3 is 3. The lowest BCUT2D eigenvalue weighted by Gasteiger charge is -2.21. The second-order valence-corrected chi connectivity index (χ2v) is 6.88. The van der Waals surface area contributed by atoms with E-state index in [4.69, 9.17) is 14.2 Å². The minimum Gasteiger partial charge on any atom is -0.497 e. The third kappa shape index (κ3) is 5.25. The Bertz CT molecular complexity index is 818. The predicted molar refractivity (Wildman–Crippen MR) is 116 cm³/mol. The minimum atomic E-state index is 0.302. The average molecular weight is 399 g/mol. The van der Waals surface area contributed by atoms with E-state index >= 15 is 0 Å². The maximum absolute atomic E-state index is 5.42. The van der Waals surface area contributed by atoms with Gasteiger partial charge in [0.2, 0.25) is 0 Å².